The summed E-state index contributed by atoms with van der Waals surface area (Å²) in [6, 6.07) is 0.504. The van der Waals surface area contributed by atoms with Gasteiger partial charge in [0.05, 0.1) is 16.8 Å². The van der Waals surface area contributed by atoms with E-state index in [1.807, 2.05) is 5.32 Å². The van der Waals surface area contributed by atoms with Gasteiger partial charge in [-0.25, -0.2) is 4.79 Å². The number of hydrogen-bond acceptors (Lipinski definition) is 3. The molecule has 0 aromatic heterocycles. The van der Waals surface area contributed by atoms with E-state index in [1.54, 1.807) is 0 Å². The quantitative estimate of drug-likeness (QED) is 0.666. The highest BCUT2D eigenvalue weighted by atomic mass is 19.4. The predicted molar refractivity (Wildman–Crippen MR) is 63.0 cm³/mol. The molecule has 1 heterocycles. The molecule has 124 valence electrons. The smallest absolute Gasteiger partial charge is 0.416 e. The molecule has 0 aliphatic carbocycles. The number of carbonyl (C=O) groups is 2. The Kier molecular flexibility index (Phi) is 4.10. The lowest BCUT2D eigenvalue weighted by Crippen LogP contribution is -2.25. The lowest BCUT2D eigenvalue weighted by molar-refractivity contribution is -0.143. The van der Waals surface area contributed by atoms with Crippen LogP contribution in [0.5, 0.6) is 0 Å². The third-order valence-electron chi connectivity index (χ3n) is 2.79. The number of rotatable bonds is 2. The van der Waals surface area contributed by atoms with E-state index in [0.717, 1.165) is 6.08 Å². The largest absolute Gasteiger partial charge is 0.456 e. The van der Waals surface area contributed by atoms with Gasteiger partial charge in [0.25, 0.3) is 5.91 Å². The normalized spacial score (nSPS) is 15.2. The summed E-state index contributed by atoms with van der Waals surface area (Å²) in [7, 11) is 0. The molecule has 0 spiro atoms. The molecule has 0 atom stereocenters. The Bertz CT molecular complexity index is 658. The maximum atomic E-state index is 12.7. The highest BCUT2D eigenvalue weighted by Crippen LogP contribution is 2.36. The topological polar surface area (TPSA) is 55.4 Å². The first kappa shape index (κ1) is 16.8. The van der Waals surface area contributed by atoms with Crippen LogP contribution in [0.1, 0.15) is 21.5 Å². The van der Waals surface area contributed by atoms with Gasteiger partial charge in [-0.15, -0.1) is 0 Å². The van der Waals surface area contributed by atoms with Crippen molar-refractivity contribution < 1.29 is 40.7 Å². The number of cyclic esters (lactones) is 1. The molecule has 23 heavy (non-hydrogen) atoms. The fourth-order valence-corrected chi connectivity index (χ4v) is 1.75. The number of benzene rings is 1. The number of ether oxygens (including phenoxy) is 1. The summed E-state index contributed by atoms with van der Waals surface area (Å²) in [5.74, 6) is -1.99. The summed E-state index contributed by atoms with van der Waals surface area (Å²) in [5.41, 5.74) is -4.12. The van der Waals surface area contributed by atoms with Gasteiger partial charge in [-0.3, -0.25) is 4.79 Å². The molecule has 1 aliphatic heterocycles. The van der Waals surface area contributed by atoms with E-state index in [2.05, 4.69) is 4.74 Å². The minimum atomic E-state index is -5.05. The fraction of sp³-hybridized carbons (Fsp3) is 0.231. The molecule has 2 rings (SSSR count). The van der Waals surface area contributed by atoms with Crippen LogP contribution < -0.4 is 5.32 Å². The number of carbonyl (C=O) groups excluding carboxylic acids is 2. The SMILES string of the molecule is O=C1C=C(NC(=O)c2cc(C(F)(F)F)cc(C(F)(F)F)c2)CO1. The van der Waals surface area contributed by atoms with Crippen molar-refractivity contribution in [3.05, 3.63) is 46.7 Å². The Labute approximate surface area is 124 Å². The molecule has 1 N–H and O–H groups in total. The van der Waals surface area contributed by atoms with Crippen molar-refractivity contribution in [1.29, 1.82) is 0 Å². The van der Waals surface area contributed by atoms with Crippen LogP contribution >= 0.6 is 0 Å². The molecular weight excluding hydrogens is 332 g/mol. The van der Waals surface area contributed by atoms with Gasteiger partial charge in [0.15, 0.2) is 0 Å². The molecule has 10 heteroatoms. The fourth-order valence-electron chi connectivity index (χ4n) is 1.75. The summed E-state index contributed by atoms with van der Waals surface area (Å²) in [6.07, 6.45) is -9.24. The van der Waals surface area contributed by atoms with Gasteiger partial charge in [-0.2, -0.15) is 26.3 Å². The van der Waals surface area contributed by atoms with E-state index in [4.69, 9.17) is 0 Å². The van der Waals surface area contributed by atoms with Crippen molar-refractivity contribution in [3.63, 3.8) is 0 Å². The Morgan fingerprint density at radius 1 is 1.00 bits per heavy atom. The van der Waals surface area contributed by atoms with Gasteiger partial charge in [0, 0.05) is 11.6 Å². The van der Waals surface area contributed by atoms with E-state index in [0.29, 0.717) is 12.1 Å². The number of amides is 1. The van der Waals surface area contributed by atoms with Gasteiger partial charge in [-0.1, -0.05) is 0 Å². The molecule has 1 aliphatic rings. The Hall–Kier alpha value is -2.52. The summed E-state index contributed by atoms with van der Waals surface area (Å²) < 4.78 is 80.5. The lowest BCUT2D eigenvalue weighted by atomic mass is 10.0. The van der Waals surface area contributed by atoms with E-state index in [-0.39, 0.29) is 18.4 Å². The molecular formula is C13H7F6NO3. The van der Waals surface area contributed by atoms with Gasteiger partial charge in [0.1, 0.15) is 6.61 Å². The van der Waals surface area contributed by atoms with E-state index in [9.17, 15) is 35.9 Å². The molecule has 0 bridgehead atoms. The molecule has 0 saturated carbocycles. The van der Waals surface area contributed by atoms with Crippen molar-refractivity contribution in [2.45, 2.75) is 12.4 Å². The maximum absolute atomic E-state index is 12.7. The molecule has 4 nitrogen and oxygen atoms in total. The zero-order valence-electron chi connectivity index (χ0n) is 11.0. The highest BCUT2D eigenvalue weighted by Gasteiger charge is 2.37. The third-order valence-corrected chi connectivity index (χ3v) is 2.79. The van der Waals surface area contributed by atoms with Crippen LogP contribution in [0.25, 0.3) is 0 Å². The lowest BCUT2D eigenvalue weighted by Gasteiger charge is -2.14. The molecule has 0 radical (unpaired) electrons. The van der Waals surface area contributed by atoms with E-state index < -0.39 is 40.9 Å². The van der Waals surface area contributed by atoms with Crippen LogP contribution in [0.3, 0.4) is 0 Å². The average molecular weight is 339 g/mol. The molecule has 1 aromatic rings. The minimum Gasteiger partial charge on any atom is -0.456 e. The first-order chi connectivity index (χ1) is 10.5. The van der Waals surface area contributed by atoms with Crippen LogP contribution in [-0.4, -0.2) is 18.5 Å². The third kappa shape index (κ3) is 4.02. The molecule has 0 fully saturated rings. The second-order valence-corrected chi connectivity index (χ2v) is 4.53. The monoisotopic (exact) mass is 339 g/mol. The highest BCUT2D eigenvalue weighted by molar-refractivity contribution is 5.97. The predicted octanol–water partition coefficient (Wildman–Crippen LogP) is 2.89. The number of hydrogen-bond donors (Lipinski definition) is 1. The maximum Gasteiger partial charge on any atom is 0.416 e. The summed E-state index contributed by atoms with van der Waals surface area (Å²) in [5, 5.41) is 2.02. The summed E-state index contributed by atoms with van der Waals surface area (Å²) in [6.45, 7) is -0.324. The standard InChI is InChI=1S/C13H7F6NO3/c14-12(15,16)7-1-6(2-8(3-7)13(17,18)19)11(22)20-9-4-10(21)23-5-9/h1-4H,5H2,(H,20,22). The molecule has 1 amide bonds. The van der Waals surface area contributed by atoms with Crippen molar-refractivity contribution in [3.8, 4) is 0 Å². The zero-order chi connectivity index (χ0) is 17.4. The Balaban J connectivity index is 2.39. The van der Waals surface area contributed by atoms with Gasteiger partial charge in [-0.05, 0) is 18.2 Å². The van der Waals surface area contributed by atoms with Crippen LogP contribution in [0.2, 0.25) is 0 Å². The number of nitrogens with one attached hydrogen (secondary N) is 1. The number of esters is 1. The van der Waals surface area contributed by atoms with Crippen molar-refractivity contribution in [2.75, 3.05) is 6.61 Å². The van der Waals surface area contributed by atoms with Crippen LogP contribution in [0.4, 0.5) is 26.3 Å². The van der Waals surface area contributed by atoms with Crippen molar-refractivity contribution in [1.82, 2.24) is 5.32 Å². The number of alkyl halides is 6. The van der Waals surface area contributed by atoms with E-state index in [1.165, 1.54) is 0 Å². The first-order valence-electron chi connectivity index (χ1n) is 5.95. The van der Waals surface area contributed by atoms with Crippen LogP contribution in [0.15, 0.2) is 30.0 Å². The second-order valence-electron chi connectivity index (χ2n) is 4.53. The van der Waals surface area contributed by atoms with Gasteiger partial charge in [0.2, 0.25) is 0 Å². The Morgan fingerprint density at radius 2 is 1.52 bits per heavy atom. The van der Waals surface area contributed by atoms with Crippen LogP contribution in [0, 0.1) is 0 Å². The average Bonchev–Trinajstić information content (AvgIpc) is 2.81. The minimum absolute atomic E-state index is 0.0639. The molecule has 0 unspecified atom stereocenters. The van der Waals surface area contributed by atoms with Gasteiger partial charge < -0.3 is 10.1 Å². The first-order valence-corrected chi connectivity index (χ1v) is 5.95. The van der Waals surface area contributed by atoms with E-state index >= 15 is 0 Å². The van der Waals surface area contributed by atoms with Gasteiger partial charge >= 0.3 is 18.3 Å². The summed E-state index contributed by atoms with van der Waals surface area (Å²) >= 11 is 0. The molecule has 0 saturated heterocycles. The van der Waals surface area contributed by atoms with Crippen LogP contribution in [-0.2, 0) is 21.9 Å². The molecule has 1 aromatic carbocycles. The zero-order valence-corrected chi connectivity index (χ0v) is 11.0. The summed E-state index contributed by atoms with van der Waals surface area (Å²) in [4.78, 5) is 22.6. The second kappa shape index (κ2) is 5.60. The van der Waals surface area contributed by atoms with Crippen molar-refractivity contribution >= 4 is 11.9 Å². The Morgan fingerprint density at radius 3 is 1.91 bits per heavy atom. The number of halogens is 6. The van der Waals surface area contributed by atoms with Crippen molar-refractivity contribution in [2.24, 2.45) is 0 Å².